The van der Waals surface area contributed by atoms with Crippen LogP contribution in [-0.4, -0.2) is 9.04 Å². The average molecular weight is 282 g/mol. The van der Waals surface area contributed by atoms with E-state index in [1.165, 1.54) is 10.4 Å². The van der Waals surface area contributed by atoms with Crippen LogP contribution in [0.25, 0.3) is 0 Å². The third-order valence-electron chi connectivity index (χ3n) is 2.93. The van der Waals surface area contributed by atoms with Crippen LogP contribution in [0.2, 0.25) is 0 Å². The van der Waals surface area contributed by atoms with Gasteiger partial charge in [0, 0.05) is 0 Å². The molecular formula is C16H14OSSi. The third kappa shape index (κ3) is 2.95. The molecule has 1 heterocycles. The molecule has 1 aromatic heterocycles. The summed E-state index contributed by atoms with van der Waals surface area (Å²) in [7, 11) is -1.63. The molecule has 0 N–H and O–H groups in total. The number of benzene rings is 2. The van der Waals surface area contributed by atoms with E-state index in [0.717, 1.165) is 5.06 Å². The summed E-state index contributed by atoms with van der Waals surface area (Å²) in [5, 5.41) is 5.67. The Morgan fingerprint density at radius 1 is 0.684 bits per heavy atom. The van der Waals surface area contributed by atoms with Crippen LogP contribution >= 0.6 is 11.3 Å². The van der Waals surface area contributed by atoms with E-state index in [1.807, 2.05) is 24.3 Å². The first kappa shape index (κ1) is 12.2. The second-order valence-corrected chi connectivity index (χ2v) is 7.49. The van der Waals surface area contributed by atoms with Gasteiger partial charge >= 0.3 is 0 Å². The zero-order valence-corrected chi connectivity index (χ0v) is 12.4. The molecule has 19 heavy (non-hydrogen) atoms. The summed E-state index contributed by atoms with van der Waals surface area (Å²) in [5.41, 5.74) is 0. The second kappa shape index (κ2) is 5.86. The predicted octanol–water partition coefficient (Wildman–Crippen LogP) is 2.67. The summed E-state index contributed by atoms with van der Waals surface area (Å²) in [6.07, 6.45) is 0. The Hall–Kier alpha value is -1.84. The van der Waals surface area contributed by atoms with Gasteiger partial charge in [-0.2, -0.15) is 0 Å². The highest BCUT2D eigenvalue weighted by molar-refractivity contribution is 7.12. The quantitative estimate of drug-likeness (QED) is 0.669. The van der Waals surface area contributed by atoms with E-state index in [9.17, 15) is 0 Å². The normalized spacial score (nSPS) is 10.6. The summed E-state index contributed by atoms with van der Waals surface area (Å²) in [6, 6.07) is 25.1. The smallest absolute Gasteiger partial charge is 0.300 e. The van der Waals surface area contributed by atoms with Gasteiger partial charge < -0.3 is 4.43 Å². The van der Waals surface area contributed by atoms with Crippen molar-refractivity contribution >= 4 is 30.8 Å². The fraction of sp³-hybridized carbons (Fsp3) is 0. The van der Waals surface area contributed by atoms with Crippen LogP contribution in [0.15, 0.2) is 78.2 Å². The van der Waals surface area contributed by atoms with Gasteiger partial charge in [0.1, 0.15) is 0 Å². The maximum Gasteiger partial charge on any atom is 0.300 e. The molecule has 0 saturated carbocycles. The fourth-order valence-electron chi connectivity index (χ4n) is 2.03. The Balaban J connectivity index is 1.96. The van der Waals surface area contributed by atoms with Crippen LogP contribution in [0, 0.1) is 0 Å². The van der Waals surface area contributed by atoms with Crippen LogP contribution in [-0.2, 0) is 0 Å². The van der Waals surface area contributed by atoms with Crippen molar-refractivity contribution in [1.29, 1.82) is 0 Å². The van der Waals surface area contributed by atoms with Crippen molar-refractivity contribution in [3.05, 3.63) is 78.2 Å². The molecule has 3 aromatic rings. The zero-order chi connectivity index (χ0) is 12.9. The van der Waals surface area contributed by atoms with Gasteiger partial charge in [-0.05, 0) is 27.9 Å². The van der Waals surface area contributed by atoms with Crippen LogP contribution in [0.4, 0.5) is 0 Å². The number of thiophene rings is 1. The van der Waals surface area contributed by atoms with Crippen LogP contribution < -0.4 is 14.8 Å². The van der Waals surface area contributed by atoms with Gasteiger partial charge in [0.15, 0.2) is 5.06 Å². The maximum absolute atomic E-state index is 6.28. The van der Waals surface area contributed by atoms with Crippen LogP contribution in [0.5, 0.6) is 5.06 Å². The Labute approximate surface area is 118 Å². The van der Waals surface area contributed by atoms with Gasteiger partial charge in [-0.15, -0.1) is 11.3 Å². The van der Waals surface area contributed by atoms with E-state index in [4.69, 9.17) is 4.43 Å². The first-order valence-electron chi connectivity index (χ1n) is 6.23. The van der Waals surface area contributed by atoms with Crippen molar-refractivity contribution in [3.8, 4) is 5.06 Å². The first-order chi connectivity index (χ1) is 9.43. The lowest BCUT2D eigenvalue weighted by molar-refractivity contribution is 0.609. The SMILES string of the molecule is c1ccc([SiH](Oc2cccs2)c2ccccc2)cc1. The maximum atomic E-state index is 6.28. The molecule has 0 aliphatic carbocycles. The fourth-order valence-corrected chi connectivity index (χ4v) is 5.10. The van der Waals surface area contributed by atoms with E-state index in [2.05, 4.69) is 53.9 Å². The molecule has 0 unspecified atom stereocenters. The Morgan fingerprint density at radius 3 is 1.74 bits per heavy atom. The average Bonchev–Trinajstić information content (AvgIpc) is 3.00. The van der Waals surface area contributed by atoms with Gasteiger partial charge in [0.25, 0.3) is 9.04 Å². The summed E-state index contributed by atoms with van der Waals surface area (Å²) in [5.74, 6) is 0. The molecule has 0 saturated heterocycles. The predicted molar refractivity (Wildman–Crippen MR) is 84.2 cm³/mol. The number of rotatable bonds is 4. The summed E-state index contributed by atoms with van der Waals surface area (Å²) in [4.78, 5) is 0. The lowest BCUT2D eigenvalue weighted by atomic mass is 10.4. The van der Waals surface area contributed by atoms with Gasteiger partial charge in [0.05, 0.1) is 0 Å². The number of hydrogen-bond donors (Lipinski definition) is 0. The molecule has 0 aliphatic rings. The molecule has 0 bridgehead atoms. The standard InChI is InChI=1S/C16H14OSSi/c1-3-8-14(9-4-1)19(15-10-5-2-6-11-15)17-16-12-7-13-18-16/h1-13,19H. The lowest BCUT2D eigenvalue weighted by Gasteiger charge is -2.17. The van der Waals surface area contributed by atoms with Crippen molar-refractivity contribution in [1.82, 2.24) is 0 Å². The van der Waals surface area contributed by atoms with Gasteiger partial charge in [-0.25, -0.2) is 0 Å². The van der Waals surface area contributed by atoms with E-state index in [1.54, 1.807) is 11.3 Å². The highest BCUT2D eigenvalue weighted by Crippen LogP contribution is 2.18. The van der Waals surface area contributed by atoms with Crippen LogP contribution in [0.3, 0.4) is 0 Å². The molecular weight excluding hydrogens is 268 g/mol. The minimum absolute atomic E-state index is 1.00. The topological polar surface area (TPSA) is 9.23 Å². The molecule has 0 radical (unpaired) electrons. The molecule has 2 aromatic carbocycles. The minimum atomic E-state index is -1.63. The molecule has 1 nitrogen and oxygen atoms in total. The zero-order valence-electron chi connectivity index (χ0n) is 10.4. The molecule has 0 atom stereocenters. The summed E-state index contributed by atoms with van der Waals surface area (Å²) in [6.45, 7) is 0. The summed E-state index contributed by atoms with van der Waals surface area (Å²) < 4.78 is 6.28. The molecule has 0 aliphatic heterocycles. The first-order valence-corrected chi connectivity index (χ1v) is 8.74. The lowest BCUT2D eigenvalue weighted by Crippen LogP contribution is -2.47. The molecule has 0 fully saturated rings. The molecule has 0 amide bonds. The van der Waals surface area contributed by atoms with Crippen LogP contribution in [0.1, 0.15) is 0 Å². The molecule has 3 heteroatoms. The Bertz CT molecular complexity index is 568. The second-order valence-electron chi connectivity index (χ2n) is 4.25. The van der Waals surface area contributed by atoms with Crippen molar-refractivity contribution in [2.24, 2.45) is 0 Å². The Morgan fingerprint density at radius 2 is 1.26 bits per heavy atom. The highest BCUT2D eigenvalue weighted by atomic mass is 32.1. The van der Waals surface area contributed by atoms with E-state index >= 15 is 0 Å². The monoisotopic (exact) mass is 282 g/mol. The molecule has 94 valence electrons. The molecule has 0 spiro atoms. The van der Waals surface area contributed by atoms with Crippen molar-refractivity contribution in [2.45, 2.75) is 0 Å². The highest BCUT2D eigenvalue weighted by Gasteiger charge is 2.19. The van der Waals surface area contributed by atoms with Gasteiger partial charge in [-0.1, -0.05) is 60.7 Å². The van der Waals surface area contributed by atoms with E-state index in [-0.39, 0.29) is 0 Å². The largest absolute Gasteiger partial charge is 0.531 e. The third-order valence-corrected chi connectivity index (χ3v) is 6.33. The summed E-state index contributed by atoms with van der Waals surface area (Å²) >= 11 is 1.65. The van der Waals surface area contributed by atoms with E-state index in [0.29, 0.717) is 0 Å². The Kier molecular flexibility index (Phi) is 3.77. The van der Waals surface area contributed by atoms with Crippen molar-refractivity contribution in [3.63, 3.8) is 0 Å². The molecule has 3 rings (SSSR count). The van der Waals surface area contributed by atoms with Gasteiger partial charge in [-0.3, -0.25) is 0 Å². The van der Waals surface area contributed by atoms with E-state index < -0.39 is 9.04 Å². The number of hydrogen-bond acceptors (Lipinski definition) is 2. The van der Waals surface area contributed by atoms with Crippen molar-refractivity contribution in [2.75, 3.05) is 0 Å². The van der Waals surface area contributed by atoms with Crippen molar-refractivity contribution < 1.29 is 4.43 Å². The minimum Gasteiger partial charge on any atom is -0.531 e. The van der Waals surface area contributed by atoms with Gasteiger partial charge in [0.2, 0.25) is 0 Å².